The topological polar surface area (TPSA) is 30.5 Å². The predicted molar refractivity (Wildman–Crippen MR) is 48.0 cm³/mol. The summed E-state index contributed by atoms with van der Waals surface area (Å²) >= 11 is 0. The van der Waals surface area contributed by atoms with E-state index in [4.69, 9.17) is 9.47 Å². The molecule has 0 spiro atoms. The minimum Gasteiger partial charge on any atom is -0.385 e. The van der Waals surface area contributed by atoms with Gasteiger partial charge in [-0.2, -0.15) is 0 Å². The Morgan fingerprint density at radius 2 is 2.42 bits per heavy atom. The molecule has 12 heavy (non-hydrogen) atoms. The van der Waals surface area contributed by atoms with Crippen molar-refractivity contribution in [2.45, 2.75) is 26.0 Å². The Morgan fingerprint density at radius 1 is 1.67 bits per heavy atom. The first-order chi connectivity index (χ1) is 5.66. The molecule has 1 fully saturated rings. The number of hydrogen-bond donors (Lipinski definition) is 1. The van der Waals surface area contributed by atoms with Crippen LogP contribution in [0.15, 0.2) is 0 Å². The predicted octanol–water partition coefficient (Wildman–Crippen LogP) is 0.995. The van der Waals surface area contributed by atoms with E-state index < -0.39 is 0 Å². The van der Waals surface area contributed by atoms with Crippen molar-refractivity contribution in [1.29, 1.82) is 0 Å². The lowest BCUT2D eigenvalue weighted by Gasteiger charge is -2.37. The Labute approximate surface area is 74.4 Å². The maximum absolute atomic E-state index is 5.69. The monoisotopic (exact) mass is 173 g/mol. The zero-order valence-corrected chi connectivity index (χ0v) is 8.22. The SMILES string of the molecule is COCCC1(C)NCC(C)CO1. The molecule has 1 aliphatic heterocycles. The first-order valence-corrected chi connectivity index (χ1v) is 4.54. The van der Waals surface area contributed by atoms with Gasteiger partial charge in [-0.15, -0.1) is 0 Å². The van der Waals surface area contributed by atoms with Crippen LogP contribution in [0.2, 0.25) is 0 Å². The van der Waals surface area contributed by atoms with Gasteiger partial charge in [0, 0.05) is 20.1 Å². The number of rotatable bonds is 3. The molecule has 0 radical (unpaired) electrons. The van der Waals surface area contributed by atoms with E-state index in [-0.39, 0.29) is 5.72 Å². The molecule has 3 heteroatoms. The number of nitrogens with one attached hydrogen (secondary N) is 1. The van der Waals surface area contributed by atoms with Gasteiger partial charge in [0.05, 0.1) is 13.2 Å². The fourth-order valence-corrected chi connectivity index (χ4v) is 1.28. The van der Waals surface area contributed by atoms with E-state index in [1.165, 1.54) is 0 Å². The Balaban J connectivity index is 2.29. The van der Waals surface area contributed by atoms with Gasteiger partial charge in [0.15, 0.2) is 0 Å². The molecule has 0 aliphatic carbocycles. The van der Waals surface area contributed by atoms with E-state index in [9.17, 15) is 0 Å². The molecule has 0 aromatic rings. The molecular formula is C9H19NO2. The normalized spacial score (nSPS) is 36.8. The van der Waals surface area contributed by atoms with Crippen LogP contribution in [0.5, 0.6) is 0 Å². The van der Waals surface area contributed by atoms with Crippen molar-refractivity contribution < 1.29 is 9.47 Å². The minimum atomic E-state index is -0.164. The van der Waals surface area contributed by atoms with Crippen molar-refractivity contribution >= 4 is 0 Å². The zero-order chi connectivity index (χ0) is 9.03. The van der Waals surface area contributed by atoms with Gasteiger partial charge in [0.1, 0.15) is 5.72 Å². The van der Waals surface area contributed by atoms with Gasteiger partial charge in [0.2, 0.25) is 0 Å². The highest BCUT2D eigenvalue weighted by Gasteiger charge is 2.29. The maximum atomic E-state index is 5.69. The molecule has 3 nitrogen and oxygen atoms in total. The van der Waals surface area contributed by atoms with Crippen molar-refractivity contribution in [1.82, 2.24) is 5.32 Å². The van der Waals surface area contributed by atoms with E-state index in [0.717, 1.165) is 26.2 Å². The van der Waals surface area contributed by atoms with Gasteiger partial charge >= 0.3 is 0 Å². The van der Waals surface area contributed by atoms with E-state index >= 15 is 0 Å². The van der Waals surface area contributed by atoms with Crippen LogP contribution in [0.4, 0.5) is 0 Å². The average molecular weight is 173 g/mol. The Hall–Kier alpha value is -0.120. The maximum Gasteiger partial charge on any atom is 0.118 e. The second-order valence-electron chi connectivity index (χ2n) is 3.77. The Kier molecular flexibility index (Phi) is 3.50. The quantitative estimate of drug-likeness (QED) is 0.690. The van der Waals surface area contributed by atoms with Crippen molar-refractivity contribution in [3.8, 4) is 0 Å². The third kappa shape index (κ3) is 2.73. The lowest BCUT2D eigenvalue weighted by Crippen LogP contribution is -2.52. The number of ether oxygens (including phenoxy) is 2. The minimum absolute atomic E-state index is 0.164. The Morgan fingerprint density at radius 3 is 2.92 bits per heavy atom. The third-order valence-electron chi connectivity index (χ3n) is 2.29. The molecule has 1 rings (SSSR count). The van der Waals surface area contributed by atoms with Crippen LogP contribution in [-0.4, -0.2) is 32.6 Å². The molecule has 0 aromatic heterocycles. The highest BCUT2D eigenvalue weighted by molar-refractivity contribution is 4.78. The second kappa shape index (κ2) is 4.21. The Bertz CT molecular complexity index is 125. The molecule has 0 saturated carbocycles. The lowest BCUT2D eigenvalue weighted by atomic mass is 10.1. The van der Waals surface area contributed by atoms with Crippen LogP contribution in [0, 0.1) is 5.92 Å². The van der Waals surface area contributed by atoms with Crippen molar-refractivity contribution in [2.24, 2.45) is 5.92 Å². The molecule has 1 saturated heterocycles. The molecule has 1 aliphatic rings. The summed E-state index contributed by atoms with van der Waals surface area (Å²) in [6, 6.07) is 0. The smallest absolute Gasteiger partial charge is 0.118 e. The summed E-state index contributed by atoms with van der Waals surface area (Å²) in [5, 5.41) is 3.38. The molecular weight excluding hydrogens is 154 g/mol. The summed E-state index contributed by atoms with van der Waals surface area (Å²) in [6.45, 7) is 6.91. The summed E-state index contributed by atoms with van der Waals surface area (Å²) < 4.78 is 10.7. The van der Waals surface area contributed by atoms with Crippen LogP contribution in [0.25, 0.3) is 0 Å². The first-order valence-electron chi connectivity index (χ1n) is 4.54. The van der Waals surface area contributed by atoms with Gasteiger partial charge in [-0.25, -0.2) is 0 Å². The molecule has 0 amide bonds. The van der Waals surface area contributed by atoms with Crippen molar-refractivity contribution in [3.05, 3.63) is 0 Å². The van der Waals surface area contributed by atoms with E-state index in [1.807, 2.05) is 0 Å². The summed E-state index contributed by atoms with van der Waals surface area (Å²) in [4.78, 5) is 0. The van der Waals surface area contributed by atoms with Crippen LogP contribution in [0.3, 0.4) is 0 Å². The van der Waals surface area contributed by atoms with Crippen LogP contribution < -0.4 is 5.32 Å². The zero-order valence-electron chi connectivity index (χ0n) is 8.22. The second-order valence-corrected chi connectivity index (χ2v) is 3.77. The summed E-state index contributed by atoms with van der Waals surface area (Å²) in [6.07, 6.45) is 0.913. The third-order valence-corrected chi connectivity index (χ3v) is 2.29. The highest BCUT2D eigenvalue weighted by atomic mass is 16.5. The lowest BCUT2D eigenvalue weighted by molar-refractivity contribution is -0.113. The molecule has 0 aromatic carbocycles. The van der Waals surface area contributed by atoms with Gasteiger partial charge in [-0.1, -0.05) is 6.92 Å². The largest absolute Gasteiger partial charge is 0.385 e. The number of hydrogen-bond acceptors (Lipinski definition) is 3. The van der Waals surface area contributed by atoms with E-state index in [2.05, 4.69) is 19.2 Å². The first kappa shape index (κ1) is 9.96. The molecule has 2 unspecified atom stereocenters. The molecule has 2 atom stereocenters. The summed E-state index contributed by atoms with van der Waals surface area (Å²) in [5.41, 5.74) is -0.164. The standard InChI is InChI=1S/C9H19NO2/c1-8-6-10-9(2,12-7-8)4-5-11-3/h8,10H,4-7H2,1-3H3. The van der Waals surface area contributed by atoms with Crippen molar-refractivity contribution in [2.75, 3.05) is 26.9 Å². The summed E-state index contributed by atoms with van der Waals surface area (Å²) in [7, 11) is 1.72. The van der Waals surface area contributed by atoms with E-state index in [1.54, 1.807) is 7.11 Å². The summed E-state index contributed by atoms with van der Waals surface area (Å²) in [5.74, 6) is 0.626. The molecule has 1 N–H and O–H groups in total. The molecule has 1 heterocycles. The van der Waals surface area contributed by atoms with Crippen molar-refractivity contribution in [3.63, 3.8) is 0 Å². The van der Waals surface area contributed by atoms with Gasteiger partial charge in [0.25, 0.3) is 0 Å². The van der Waals surface area contributed by atoms with E-state index in [0.29, 0.717) is 5.92 Å². The fraction of sp³-hybridized carbons (Fsp3) is 1.00. The molecule has 0 bridgehead atoms. The average Bonchev–Trinajstić information content (AvgIpc) is 2.08. The fourth-order valence-electron chi connectivity index (χ4n) is 1.28. The van der Waals surface area contributed by atoms with Crippen LogP contribution >= 0.6 is 0 Å². The van der Waals surface area contributed by atoms with Gasteiger partial charge < -0.3 is 9.47 Å². The van der Waals surface area contributed by atoms with Gasteiger partial charge in [-0.05, 0) is 12.8 Å². The number of methoxy groups -OCH3 is 1. The van der Waals surface area contributed by atoms with Crippen LogP contribution in [0.1, 0.15) is 20.3 Å². The molecule has 72 valence electrons. The van der Waals surface area contributed by atoms with Crippen LogP contribution in [-0.2, 0) is 9.47 Å². The van der Waals surface area contributed by atoms with Gasteiger partial charge in [-0.3, -0.25) is 5.32 Å². The highest BCUT2D eigenvalue weighted by Crippen LogP contribution is 2.18.